The van der Waals surface area contributed by atoms with Gasteiger partial charge in [0, 0.05) is 19.4 Å². The van der Waals surface area contributed by atoms with Crippen molar-refractivity contribution in [2.24, 2.45) is 5.41 Å². The number of benzene rings is 1. The van der Waals surface area contributed by atoms with Crippen LogP contribution >= 0.6 is 11.3 Å². The number of nitrogens with one attached hydrogen (secondary N) is 2. The number of carbonyl (C=O) groups excluding carboxylic acids is 3. The van der Waals surface area contributed by atoms with Crippen molar-refractivity contribution >= 4 is 35.4 Å². The molecule has 0 bridgehead atoms. The molecule has 1 saturated heterocycles. The van der Waals surface area contributed by atoms with Crippen molar-refractivity contribution in [3.8, 4) is 10.4 Å². The summed E-state index contributed by atoms with van der Waals surface area (Å²) < 4.78 is 0. The Morgan fingerprint density at radius 2 is 1.88 bits per heavy atom. The third kappa shape index (κ3) is 8.43. The molecule has 41 heavy (non-hydrogen) atoms. The number of aliphatic carboxylic acids is 1. The number of aromatic nitrogens is 1. The topological polar surface area (TPSA) is 149 Å². The Kier molecular flexibility index (Phi) is 11.2. The predicted molar refractivity (Wildman–Crippen MR) is 157 cm³/mol. The molecule has 0 aliphatic carbocycles. The van der Waals surface area contributed by atoms with Crippen LogP contribution in [0, 0.1) is 12.3 Å². The number of unbranched alkanes of at least 4 members (excludes halogenated alkanes) is 2. The summed E-state index contributed by atoms with van der Waals surface area (Å²) in [6.07, 6.45) is 1.72. The smallest absolute Gasteiger partial charge is 0.320 e. The molecule has 2 amide bonds. The zero-order valence-electron chi connectivity index (χ0n) is 24.4. The summed E-state index contributed by atoms with van der Waals surface area (Å²) in [5.41, 5.74) is 4.04. The number of likely N-dealkylation sites (tertiary alicyclic amines) is 1. The van der Waals surface area contributed by atoms with E-state index >= 15 is 0 Å². The normalized spacial score (nSPS) is 19.4. The van der Waals surface area contributed by atoms with E-state index in [1.807, 2.05) is 64.4 Å². The molecule has 4 N–H and O–H groups in total. The monoisotopic (exact) mass is 586 g/mol. The van der Waals surface area contributed by atoms with E-state index in [4.69, 9.17) is 0 Å². The molecule has 0 radical (unpaired) electrons. The lowest BCUT2D eigenvalue weighted by atomic mass is 9.84. The van der Waals surface area contributed by atoms with Crippen LogP contribution in [0.5, 0.6) is 0 Å². The lowest BCUT2D eigenvalue weighted by molar-refractivity contribution is -0.145. The van der Waals surface area contributed by atoms with Crippen LogP contribution in [0.4, 0.5) is 0 Å². The molecule has 1 aliphatic rings. The van der Waals surface area contributed by atoms with E-state index in [0.717, 1.165) is 28.0 Å². The number of carboxylic acid groups (broad SMARTS) is 1. The lowest BCUT2D eigenvalue weighted by Gasteiger charge is -2.37. The van der Waals surface area contributed by atoms with E-state index in [9.17, 15) is 29.4 Å². The average Bonchev–Trinajstić information content (AvgIpc) is 3.52. The first-order chi connectivity index (χ1) is 19.3. The predicted octanol–water partition coefficient (Wildman–Crippen LogP) is 3.47. The van der Waals surface area contributed by atoms with Crippen LogP contribution in [-0.4, -0.2) is 74.9 Å². The van der Waals surface area contributed by atoms with Crippen molar-refractivity contribution < 1.29 is 29.4 Å². The Balaban J connectivity index is 1.72. The van der Waals surface area contributed by atoms with E-state index in [1.54, 1.807) is 11.3 Å². The van der Waals surface area contributed by atoms with Crippen LogP contribution in [0.25, 0.3) is 10.4 Å². The second-order valence-corrected chi connectivity index (χ2v) is 12.7. The Morgan fingerprint density at radius 3 is 2.44 bits per heavy atom. The van der Waals surface area contributed by atoms with Gasteiger partial charge in [-0.2, -0.15) is 0 Å². The Bertz CT molecular complexity index is 1210. The summed E-state index contributed by atoms with van der Waals surface area (Å²) in [7, 11) is 0. The largest absolute Gasteiger partial charge is 0.480 e. The molecule has 1 fully saturated rings. The highest BCUT2D eigenvalue weighted by atomic mass is 32.1. The molecule has 3 rings (SSSR count). The number of hydrogen-bond donors (Lipinski definition) is 4. The third-order valence-corrected chi connectivity index (χ3v) is 8.46. The number of rotatable bonds is 13. The van der Waals surface area contributed by atoms with Crippen molar-refractivity contribution in [3.05, 3.63) is 41.0 Å². The minimum absolute atomic E-state index is 0.0144. The number of nitrogens with zero attached hydrogens (tertiary/aromatic N) is 2. The number of carboxylic acids is 1. The Morgan fingerprint density at radius 1 is 1.20 bits per heavy atom. The summed E-state index contributed by atoms with van der Waals surface area (Å²) in [6, 6.07) is 4.76. The zero-order valence-corrected chi connectivity index (χ0v) is 25.2. The van der Waals surface area contributed by atoms with Gasteiger partial charge in [0.25, 0.3) is 0 Å². The maximum atomic E-state index is 13.8. The molecule has 2 aromatic rings. The first-order valence-corrected chi connectivity index (χ1v) is 14.9. The fourth-order valence-electron chi connectivity index (χ4n) is 5.11. The molecule has 11 heteroatoms. The standard InChI is InChI=1S/C30H42N4O6S/c1-18(20-10-12-21(13-11-20)25-19(2)31-17-41-25)32-27(37)24-15-22(36)16-34(24)28(38)26(30(3,4)5)33-23(29(39)40)9-7-6-8-14-35/h10-14,17-18,22-24,26,33,36H,6-9,15-16H2,1-5H3,(H,32,37)(H,39,40)/t18-,22+,23?,24-,26?/m0/s1. The van der Waals surface area contributed by atoms with E-state index in [2.05, 4.69) is 15.6 Å². The van der Waals surface area contributed by atoms with Gasteiger partial charge >= 0.3 is 5.97 Å². The third-order valence-electron chi connectivity index (χ3n) is 7.49. The first-order valence-electron chi connectivity index (χ1n) is 14.0. The lowest BCUT2D eigenvalue weighted by Crippen LogP contribution is -2.59. The Hall–Kier alpha value is -3.15. The van der Waals surface area contributed by atoms with Gasteiger partial charge in [-0.25, -0.2) is 4.98 Å². The summed E-state index contributed by atoms with van der Waals surface area (Å²) >= 11 is 1.57. The number of aryl methyl sites for hydroxylation is 1. The summed E-state index contributed by atoms with van der Waals surface area (Å²) in [5, 5.41) is 26.3. The Labute approximate surface area is 245 Å². The van der Waals surface area contributed by atoms with E-state index < -0.39 is 41.5 Å². The van der Waals surface area contributed by atoms with Crippen LogP contribution in [0.3, 0.4) is 0 Å². The van der Waals surface area contributed by atoms with Crippen LogP contribution in [0.15, 0.2) is 29.8 Å². The molecule has 224 valence electrons. The molecule has 2 heterocycles. The highest BCUT2D eigenvalue weighted by Gasteiger charge is 2.45. The zero-order chi connectivity index (χ0) is 30.3. The second kappa shape index (κ2) is 14.2. The molecule has 10 nitrogen and oxygen atoms in total. The van der Waals surface area contributed by atoms with Gasteiger partial charge in [0.05, 0.1) is 34.3 Å². The molecular weight excluding hydrogens is 544 g/mol. The second-order valence-electron chi connectivity index (χ2n) is 11.8. The summed E-state index contributed by atoms with van der Waals surface area (Å²) in [4.78, 5) is 56.6. The fourth-order valence-corrected chi connectivity index (χ4v) is 5.93. The number of carbonyl (C=O) groups is 4. The van der Waals surface area contributed by atoms with Gasteiger partial charge in [-0.15, -0.1) is 11.3 Å². The molecule has 0 saturated carbocycles. The number of aliphatic hydroxyl groups is 1. The number of hydrogen-bond acceptors (Lipinski definition) is 8. The quantitative estimate of drug-likeness (QED) is 0.206. The van der Waals surface area contributed by atoms with Gasteiger partial charge in [0.1, 0.15) is 18.4 Å². The maximum Gasteiger partial charge on any atom is 0.320 e. The maximum absolute atomic E-state index is 13.8. The highest BCUT2D eigenvalue weighted by Crippen LogP contribution is 2.30. The van der Waals surface area contributed by atoms with Gasteiger partial charge in [0.2, 0.25) is 11.8 Å². The molecule has 1 aliphatic heterocycles. The van der Waals surface area contributed by atoms with Crippen molar-refractivity contribution in [2.75, 3.05) is 6.54 Å². The van der Waals surface area contributed by atoms with Crippen LogP contribution in [0.1, 0.15) is 77.1 Å². The highest BCUT2D eigenvalue weighted by molar-refractivity contribution is 7.13. The van der Waals surface area contributed by atoms with Crippen LogP contribution < -0.4 is 10.6 Å². The SMILES string of the molecule is Cc1ncsc1-c1ccc([C@H](C)NC(=O)[C@@H]2C[C@@H](O)CN2C(=O)C(NC(CCCCC=O)C(=O)O)C(C)(C)C)cc1. The first kappa shape index (κ1) is 32.4. The van der Waals surface area contributed by atoms with E-state index in [-0.39, 0.29) is 31.3 Å². The molecular formula is C30H42N4O6S. The number of aliphatic hydroxyl groups excluding tert-OH is 1. The van der Waals surface area contributed by atoms with Gasteiger partial charge in [-0.05, 0) is 43.2 Å². The van der Waals surface area contributed by atoms with E-state index in [0.29, 0.717) is 19.3 Å². The van der Waals surface area contributed by atoms with Crippen molar-refractivity contribution in [1.82, 2.24) is 20.5 Å². The summed E-state index contributed by atoms with van der Waals surface area (Å²) in [5.74, 6) is -1.88. The van der Waals surface area contributed by atoms with Crippen molar-refractivity contribution in [3.63, 3.8) is 0 Å². The minimum Gasteiger partial charge on any atom is -0.480 e. The molecule has 2 unspecified atom stereocenters. The average molecular weight is 587 g/mol. The van der Waals surface area contributed by atoms with E-state index in [1.165, 1.54) is 4.90 Å². The molecule has 1 aromatic heterocycles. The molecule has 5 atom stereocenters. The summed E-state index contributed by atoms with van der Waals surface area (Å²) in [6.45, 7) is 9.30. The number of amides is 2. The van der Waals surface area contributed by atoms with Gasteiger partial charge in [0.15, 0.2) is 0 Å². The van der Waals surface area contributed by atoms with Crippen LogP contribution in [0.2, 0.25) is 0 Å². The van der Waals surface area contributed by atoms with Crippen LogP contribution in [-0.2, 0) is 19.2 Å². The van der Waals surface area contributed by atoms with Gasteiger partial charge in [-0.3, -0.25) is 19.7 Å². The van der Waals surface area contributed by atoms with Crippen molar-refractivity contribution in [2.45, 2.75) is 97.0 Å². The number of β-amino-alcohol motifs (C(OH)–C–C–N with tert-alkyl or cyclic N) is 1. The fraction of sp³-hybridized carbons (Fsp3) is 0.567. The number of thiazole rings is 1. The van der Waals surface area contributed by atoms with Gasteiger partial charge < -0.3 is 25.2 Å². The minimum atomic E-state index is -1.08. The van der Waals surface area contributed by atoms with Crippen molar-refractivity contribution in [1.29, 1.82) is 0 Å². The molecule has 0 spiro atoms. The number of aldehydes is 1. The molecule has 1 aromatic carbocycles. The van der Waals surface area contributed by atoms with Gasteiger partial charge in [-0.1, -0.05) is 51.5 Å².